The molecule has 0 aromatic rings. The van der Waals surface area contributed by atoms with Crippen LogP contribution in [0.25, 0.3) is 0 Å². The van der Waals surface area contributed by atoms with Crippen molar-refractivity contribution in [2.24, 2.45) is 0 Å². The van der Waals surface area contributed by atoms with Gasteiger partial charge in [0.25, 0.3) is 0 Å². The minimum Gasteiger partial charge on any atom is -0.378 e. The lowest BCUT2D eigenvalue weighted by Gasteiger charge is -2.30. The van der Waals surface area contributed by atoms with Crippen LogP contribution in [0.5, 0.6) is 0 Å². The predicted octanol–water partition coefficient (Wildman–Crippen LogP) is 2.23. The van der Waals surface area contributed by atoms with Crippen molar-refractivity contribution in [1.29, 1.82) is 5.26 Å². The van der Waals surface area contributed by atoms with E-state index in [0.717, 1.165) is 19.3 Å². The summed E-state index contributed by atoms with van der Waals surface area (Å²) in [5.74, 6) is 0. The maximum Gasteiger partial charge on any atom is 0.117 e. The molecule has 2 atom stereocenters. The summed E-state index contributed by atoms with van der Waals surface area (Å²) in [6, 6.07) is 2.28. The molecular weight excluding hydrogens is 206 g/mol. The third kappa shape index (κ3) is 2.18. The summed E-state index contributed by atoms with van der Waals surface area (Å²) < 4.78 is 5.13. The average Bonchev–Trinajstić information content (AvgIpc) is 2.05. The van der Waals surface area contributed by atoms with Crippen molar-refractivity contribution < 1.29 is 4.74 Å². The zero-order valence-electron chi connectivity index (χ0n) is 6.64. The molecule has 1 saturated heterocycles. The van der Waals surface area contributed by atoms with Crippen LogP contribution in [0, 0.1) is 11.3 Å². The molecule has 1 heterocycles. The maximum absolute atomic E-state index is 8.81. The maximum atomic E-state index is 8.81. The minimum atomic E-state index is -0.314. The van der Waals surface area contributed by atoms with Crippen LogP contribution >= 0.6 is 15.9 Å². The molecule has 1 aliphatic rings. The van der Waals surface area contributed by atoms with Crippen molar-refractivity contribution in [2.75, 3.05) is 6.61 Å². The number of alkyl halides is 1. The molecule has 62 valence electrons. The molecule has 3 heteroatoms. The molecule has 0 aliphatic carbocycles. The monoisotopic (exact) mass is 217 g/mol. The van der Waals surface area contributed by atoms with E-state index in [4.69, 9.17) is 10.00 Å². The second-order valence-corrected chi connectivity index (χ2v) is 4.45. The summed E-state index contributed by atoms with van der Waals surface area (Å²) in [7, 11) is 0. The third-order valence-corrected chi connectivity index (χ3v) is 2.96. The molecule has 2 unspecified atom stereocenters. The van der Waals surface area contributed by atoms with E-state index >= 15 is 0 Å². The van der Waals surface area contributed by atoms with E-state index in [0.29, 0.717) is 6.61 Å². The van der Waals surface area contributed by atoms with Gasteiger partial charge in [-0.15, -0.1) is 0 Å². The Morgan fingerprint density at radius 2 is 2.55 bits per heavy atom. The van der Waals surface area contributed by atoms with Gasteiger partial charge in [-0.3, -0.25) is 0 Å². The van der Waals surface area contributed by atoms with E-state index in [1.54, 1.807) is 0 Å². The summed E-state index contributed by atoms with van der Waals surface area (Å²) in [5, 5.41) is 8.81. The van der Waals surface area contributed by atoms with Gasteiger partial charge in [-0.2, -0.15) is 5.26 Å². The lowest BCUT2D eigenvalue weighted by molar-refractivity contribution is 0.00866. The van der Waals surface area contributed by atoms with Crippen LogP contribution in [0.15, 0.2) is 0 Å². The van der Waals surface area contributed by atoms with Gasteiger partial charge in [0.15, 0.2) is 0 Å². The molecule has 0 aromatic carbocycles. The number of rotatable bonds is 1. The van der Waals surface area contributed by atoms with Crippen LogP contribution in [0.1, 0.15) is 26.2 Å². The van der Waals surface area contributed by atoms with Gasteiger partial charge >= 0.3 is 0 Å². The fourth-order valence-corrected chi connectivity index (χ4v) is 1.80. The standard InChI is InChI=1S/C8H12BrNO/c1-2-7-5-8(9,6-10)3-4-11-7/h7H,2-5H2,1H3. The first kappa shape index (κ1) is 9.02. The Labute approximate surface area is 75.7 Å². The molecule has 11 heavy (non-hydrogen) atoms. The fraction of sp³-hybridized carbons (Fsp3) is 0.875. The number of nitriles is 1. The van der Waals surface area contributed by atoms with Crippen LogP contribution in [-0.2, 0) is 4.74 Å². The molecule has 1 rings (SSSR count). The first-order valence-electron chi connectivity index (χ1n) is 3.92. The van der Waals surface area contributed by atoms with E-state index in [1.165, 1.54) is 0 Å². The highest BCUT2D eigenvalue weighted by molar-refractivity contribution is 9.10. The largest absolute Gasteiger partial charge is 0.378 e. The van der Waals surface area contributed by atoms with Crippen LogP contribution in [0.3, 0.4) is 0 Å². The molecule has 0 bridgehead atoms. The molecule has 0 spiro atoms. The molecule has 0 amide bonds. The van der Waals surface area contributed by atoms with E-state index in [9.17, 15) is 0 Å². The number of halogens is 1. The van der Waals surface area contributed by atoms with E-state index in [1.807, 2.05) is 0 Å². The molecule has 1 aliphatic heterocycles. The summed E-state index contributed by atoms with van der Waals surface area (Å²) in [6.07, 6.45) is 2.89. The van der Waals surface area contributed by atoms with Gasteiger partial charge in [0.2, 0.25) is 0 Å². The van der Waals surface area contributed by atoms with Gasteiger partial charge in [0, 0.05) is 13.0 Å². The topological polar surface area (TPSA) is 33.0 Å². The number of hydrogen-bond donors (Lipinski definition) is 0. The fourth-order valence-electron chi connectivity index (χ4n) is 1.27. The normalized spacial score (nSPS) is 38.1. The van der Waals surface area contributed by atoms with E-state index in [-0.39, 0.29) is 10.4 Å². The minimum absolute atomic E-state index is 0.266. The SMILES string of the molecule is CCC1CC(Br)(C#N)CCO1. The van der Waals surface area contributed by atoms with Gasteiger partial charge in [0.1, 0.15) is 4.32 Å². The highest BCUT2D eigenvalue weighted by Crippen LogP contribution is 2.33. The van der Waals surface area contributed by atoms with Crippen molar-refractivity contribution >= 4 is 15.9 Å². The first-order valence-corrected chi connectivity index (χ1v) is 4.71. The van der Waals surface area contributed by atoms with Crippen LogP contribution in [0.4, 0.5) is 0 Å². The lowest BCUT2D eigenvalue weighted by atomic mass is 9.96. The molecule has 0 radical (unpaired) electrons. The summed E-state index contributed by atoms with van der Waals surface area (Å²) >= 11 is 3.43. The summed E-state index contributed by atoms with van der Waals surface area (Å²) in [5.41, 5.74) is 0. The summed E-state index contributed by atoms with van der Waals surface area (Å²) in [4.78, 5) is 0. The number of nitrogens with zero attached hydrogens (tertiary/aromatic N) is 1. The number of ether oxygens (including phenoxy) is 1. The van der Waals surface area contributed by atoms with Crippen molar-refractivity contribution in [1.82, 2.24) is 0 Å². The second kappa shape index (κ2) is 3.55. The Morgan fingerprint density at radius 3 is 3.09 bits per heavy atom. The second-order valence-electron chi connectivity index (χ2n) is 2.93. The Balaban J connectivity index is 2.53. The van der Waals surface area contributed by atoms with E-state index < -0.39 is 0 Å². The average molecular weight is 218 g/mol. The van der Waals surface area contributed by atoms with Crippen LogP contribution in [-0.4, -0.2) is 17.0 Å². The number of hydrogen-bond acceptors (Lipinski definition) is 2. The highest BCUT2D eigenvalue weighted by atomic mass is 79.9. The molecule has 0 saturated carbocycles. The van der Waals surface area contributed by atoms with Gasteiger partial charge in [-0.1, -0.05) is 22.9 Å². The third-order valence-electron chi connectivity index (χ3n) is 2.06. The van der Waals surface area contributed by atoms with Gasteiger partial charge in [0.05, 0.1) is 12.2 Å². The summed E-state index contributed by atoms with van der Waals surface area (Å²) in [6.45, 7) is 2.79. The predicted molar refractivity (Wildman–Crippen MR) is 46.5 cm³/mol. The van der Waals surface area contributed by atoms with Crippen molar-refractivity contribution in [3.8, 4) is 6.07 Å². The van der Waals surface area contributed by atoms with Gasteiger partial charge in [-0.05, 0) is 12.8 Å². The first-order chi connectivity index (χ1) is 5.20. The smallest absolute Gasteiger partial charge is 0.117 e. The Morgan fingerprint density at radius 1 is 1.82 bits per heavy atom. The highest BCUT2D eigenvalue weighted by Gasteiger charge is 2.33. The Hall–Kier alpha value is -0.0700. The van der Waals surface area contributed by atoms with Gasteiger partial charge in [-0.25, -0.2) is 0 Å². The zero-order valence-corrected chi connectivity index (χ0v) is 8.23. The van der Waals surface area contributed by atoms with Crippen molar-refractivity contribution in [3.63, 3.8) is 0 Å². The van der Waals surface area contributed by atoms with Crippen molar-refractivity contribution in [2.45, 2.75) is 36.6 Å². The molecular formula is C8H12BrNO. The molecule has 2 nitrogen and oxygen atoms in total. The molecule has 0 N–H and O–H groups in total. The van der Waals surface area contributed by atoms with Crippen molar-refractivity contribution in [3.05, 3.63) is 0 Å². The quantitative estimate of drug-likeness (QED) is 0.632. The van der Waals surface area contributed by atoms with Gasteiger partial charge < -0.3 is 4.74 Å². The Bertz CT molecular complexity index is 177. The zero-order chi connectivity index (χ0) is 8.32. The Kier molecular flexibility index (Phi) is 2.91. The van der Waals surface area contributed by atoms with Crippen LogP contribution < -0.4 is 0 Å². The molecule has 1 fully saturated rings. The van der Waals surface area contributed by atoms with E-state index in [2.05, 4.69) is 28.9 Å². The van der Waals surface area contributed by atoms with Crippen LogP contribution in [0.2, 0.25) is 0 Å². The molecule has 0 aromatic heterocycles. The lowest BCUT2D eigenvalue weighted by Crippen LogP contribution is -2.34.